The fourth-order valence-corrected chi connectivity index (χ4v) is 2.17. The first kappa shape index (κ1) is 16.0. The van der Waals surface area contributed by atoms with Crippen LogP contribution in [0.25, 0.3) is 0 Å². The second-order valence-corrected chi connectivity index (χ2v) is 5.51. The van der Waals surface area contributed by atoms with E-state index in [1.165, 1.54) is 6.07 Å². The Morgan fingerprint density at radius 3 is 2.68 bits per heavy atom. The normalized spacial score (nSPS) is 16.8. The van der Waals surface area contributed by atoms with E-state index in [0.29, 0.717) is 35.7 Å². The Morgan fingerprint density at radius 1 is 1.41 bits per heavy atom. The monoisotopic (exact) mass is 302 g/mol. The molecule has 0 saturated carbocycles. The van der Waals surface area contributed by atoms with Crippen LogP contribution in [0.3, 0.4) is 0 Å². The van der Waals surface area contributed by atoms with E-state index in [-0.39, 0.29) is 11.6 Å². The first-order chi connectivity index (χ1) is 10.3. The van der Waals surface area contributed by atoms with Crippen molar-refractivity contribution in [3.05, 3.63) is 17.7 Å². The van der Waals surface area contributed by atoms with Crippen molar-refractivity contribution in [3.63, 3.8) is 0 Å². The molecule has 0 radical (unpaired) electrons. The number of phenols is 1. The highest BCUT2D eigenvalue weighted by molar-refractivity contribution is 6.70. The lowest BCUT2D eigenvalue weighted by molar-refractivity contribution is 0.455. The number of hydrogen-bond acceptors (Lipinski definition) is 6. The number of aryl methyl sites for hydroxylation is 1. The summed E-state index contributed by atoms with van der Waals surface area (Å²) in [5.41, 5.74) is 8.79. The number of nitrogens with two attached hydrogens (primary N) is 1. The zero-order valence-corrected chi connectivity index (χ0v) is 13.4. The SMILES string of the molecule is CCN1N=C(CN(C)C)C(=Nc2cc(C)c(O)cc2N)C1=N. The average Bonchev–Trinajstić information content (AvgIpc) is 2.72. The maximum atomic E-state index is 9.68. The van der Waals surface area contributed by atoms with Crippen molar-refractivity contribution >= 4 is 28.6 Å². The molecule has 4 N–H and O–H groups in total. The van der Waals surface area contributed by atoms with Crippen LogP contribution in [0.1, 0.15) is 12.5 Å². The molecule has 0 amide bonds. The molecule has 0 bridgehead atoms. The van der Waals surface area contributed by atoms with Gasteiger partial charge in [0.15, 0.2) is 5.84 Å². The van der Waals surface area contributed by atoms with Crippen LogP contribution in [-0.4, -0.2) is 59.5 Å². The summed E-state index contributed by atoms with van der Waals surface area (Å²) in [7, 11) is 3.88. The largest absolute Gasteiger partial charge is 0.508 e. The molecular formula is C15H22N6O. The molecule has 1 aromatic rings. The molecule has 0 spiro atoms. The fourth-order valence-electron chi connectivity index (χ4n) is 2.17. The van der Waals surface area contributed by atoms with Gasteiger partial charge < -0.3 is 15.7 Å². The first-order valence-electron chi connectivity index (χ1n) is 7.10. The Morgan fingerprint density at radius 2 is 2.09 bits per heavy atom. The van der Waals surface area contributed by atoms with Gasteiger partial charge in [-0.15, -0.1) is 0 Å². The number of phenolic OH excluding ortho intramolecular Hbond substituents is 1. The van der Waals surface area contributed by atoms with Crippen LogP contribution in [0.4, 0.5) is 11.4 Å². The van der Waals surface area contributed by atoms with E-state index in [2.05, 4.69) is 10.1 Å². The van der Waals surface area contributed by atoms with Gasteiger partial charge in [-0.2, -0.15) is 5.10 Å². The molecule has 7 nitrogen and oxygen atoms in total. The highest BCUT2D eigenvalue weighted by Crippen LogP contribution is 2.30. The van der Waals surface area contributed by atoms with Gasteiger partial charge in [-0.3, -0.25) is 5.41 Å². The number of nitrogens with zero attached hydrogens (tertiary/aromatic N) is 4. The van der Waals surface area contributed by atoms with Crippen LogP contribution in [0.5, 0.6) is 5.75 Å². The quantitative estimate of drug-likeness (QED) is 0.735. The van der Waals surface area contributed by atoms with E-state index >= 15 is 0 Å². The molecule has 7 heteroatoms. The zero-order chi connectivity index (χ0) is 16.4. The van der Waals surface area contributed by atoms with Crippen molar-refractivity contribution in [2.75, 3.05) is 32.9 Å². The first-order valence-corrected chi connectivity index (χ1v) is 7.10. The number of aromatic hydroxyl groups is 1. The Kier molecular flexibility index (Phi) is 4.46. The lowest BCUT2D eigenvalue weighted by Crippen LogP contribution is -2.31. The van der Waals surface area contributed by atoms with Crippen LogP contribution >= 0.6 is 0 Å². The van der Waals surface area contributed by atoms with Gasteiger partial charge in [-0.05, 0) is 39.6 Å². The molecule has 0 aliphatic carbocycles. The van der Waals surface area contributed by atoms with Gasteiger partial charge in [0.2, 0.25) is 0 Å². The molecule has 1 aromatic carbocycles. The summed E-state index contributed by atoms with van der Waals surface area (Å²) in [5.74, 6) is 0.407. The molecule has 22 heavy (non-hydrogen) atoms. The van der Waals surface area contributed by atoms with Gasteiger partial charge in [-0.25, -0.2) is 10.0 Å². The Labute approximate surface area is 130 Å². The van der Waals surface area contributed by atoms with Crippen LogP contribution in [0.15, 0.2) is 22.2 Å². The van der Waals surface area contributed by atoms with Gasteiger partial charge in [-0.1, -0.05) is 0 Å². The minimum Gasteiger partial charge on any atom is -0.508 e. The molecule has 0 atom stereocenters. The topological polar surface area (TPSA) is 101 Å². The third-order valence-corrected chi connectivity index (χ3v) is 3.34. The number of rotatable bonds is 4. The molecular weight excluding hydrogens is 280 g/mol. The maximum absolute atomic E-state index is 9.68. The summed E-state index contributed by atoms with van der Waals surface area (Å²) in [4.78, 5) is 6.51. The highest BCUT2D eigenvalue weighted by Gasteiger charge is 2.28. The molecule has 0 aromatic heterocycles. The van der Waals surface area contributed by atoms with Gasteiger partial charge >= 0.3 is 0 Å². The van der Waals surface area contributed by atoms with Crippen molar-refractivity contribution in [1.29, 1.82) is 5.41 Å². The molecule has 0 unspecified atom stereocenters. The number of anilines is 1. The maximum Gasteiger partial charge on any atom is 0.169 e. The fraction of sp³-hybridized carbons (Fsp3) is 0.400. The van der Waals surface area contributed by atoms with Crippen LogP contribution in [0, 0.1) is 12.3 Å². The highest BCUT2D eigenvalue weighted by atomic mass is 16.3. The van der Waals surface area contributed by atoms with E-state index in [4.69, 9.17) is 11.1 Å². The minimum absolute atomic E-state index is 0.139. The molecule has 0 saturated heterocycles. The lowest BCUT2D eigenvalue weighted by Gasteiger charge is -2.11. The van der Waals surface area contributed by atoms with Gasteiger partial charge in [0.25, 0.3) is 0 Å². The number of amidine groups is 1. The number of nitrogens with one attached hydrogen (secondary N) is 1. The summed E-state index contributed by atoms with van der Waals surface area (Å²) in [6, 6.07) is 3.19. The third-order valence-electron chi connectivity index (χ3n) is 3.34. The Balaban J connectivity index is 2.46. The second-order valence-electron chi connectivity index (χ2n) is 5.51. The lowest BCUT2D eigenvalue weighted by atomic mass is 10.1. The van der Waals surface area contributed by atoms with Gasteiger partial charge in [0.1, 0.15) is 17.2 Å². The van der Waals surface area contributed by atoms with Crippen LogP contribution in [0.2, 0.25) is 0 Å². The Bertz CT molecular complexity index is 662. The summed E-state index contributed by atoms with van der Waals surface area (Å²) in [5, 5.41) is 24.0. The number of hydrogen-bond donors (Lipinski definition) is 3. The third kappa shape index (κ3) is 3.09. The van der Waals surface area contributed by atoms with E-state index in [1.807, 2.05) is 25.9 Å². The van der Waals surface area contributed by atoms with Crippen LogP contribution in [-0.2, 0) is 0 Å². The summed E-state index contributed by atoms with van der Waals surface area (Å²) in [6.45, 7) is 4.92. The second kappa shape index (κ2) is 6.15. The van der Waals surface area contributed by atoms with Crippen molar-refractivity contribution < 1.29 is 5.11 Å². The minimum atomic E-state index is 0.139. The number of aliphatic imine (C=N–C) groups is 1. The Hall–Kier alpha value is -2.41. The van der Waals surface area contributed by atoms with Gasteiger partial charge in [0, 0.05) is 19.2 Å². The number of hydrazone groups is 1. The molecule has 1 heterocycles. The molecule has 1 aliphatic heterocycles. The van der Waals surface area contributed by atoms with E-state index in [1.54, 1.807) is 18.0 Å². The van der Waals surface area contributed by atoms with Crippen molar-refractivity contribution in [1.82, 2.24) is 9.91 Å². The van der Waals surface area contributed by atoms with Crippen molar-refractivity contribution in [3.8, 4) is 5.75 Å². The molecule has 0 fully saturated rings. The van der Waals surface area contributed by atoms with Crippen molar-refractivity contribution in [2.45, 2.75) is 13.8 Å². The zero-order valence-electron chi connectivity index (χ0n) is 13.4. The van der Waals surface area contributed by atoms with Crippen molar-refractivity contribution in [2.24, 2.45) is 10.1 Å². The van der Waals surface area contributed by atoms with E-state index in [9.17, 15) is 5.11 Å². The molecule has 1 aliphatic rings. The smallest absolute Gasteiger partial charge is 0.169 e. The number of benzene rings is 1. The standard InChI is InChI=1S/C15H22N6O/c1-5-21-15(17)14(12(19-21)8-20(3)4)18-11-6-9(2)13(22)7-10(11)16/h6-7,17,22H,5,8,16H2,1-4H3. The van der Waals surface area contributed by atoms with E-state index < -0.39 is 0 Å². The summed E-state index contributed by atoms with van der Waals surface area (Å²) < 4.78 is 0. The average molecular weight is 302 g/mol. The van der Waals surface area contributed by atoms with Gasteiger partial charge in [0.05, 0.1) is 11.4 Å². The number of nitrogen functional groups attached to an aromatic ring is 1. The van der Waals surface area contributed by atoms with Crippen LogP contribution < -0.4 is 5.73 Å². The summed E-state index contributed by atoms with van der Waals surface area (Å²) >= 11 is 0. The molecule has 2 rings (SSSR count). The predicted octanol–water partition coefficient (Wildman–Crippen LogP) is 1.59. The van der Waals surface area contributed by atoms with E-state index in [0.717, 1.165) is 5.71 Å². The molecule has 118 valence electrons. The summed E-state index contributed by atoms with van der Waals surface area (Å²) in [6.07, 6.45) is 0. The predicted molar refractivity (Wildman–Crippen MR) is 90.4 cm³/mol.